The lowest BCUT2D eigenvalue weighted by atomic mass is 10.2. The Labute approximate surface area is 95.6 Å². The van der Waals surface area contributed by atoms with Crippen molar-refractivity contribution in [2.24, 2.45) is 0 Å². The summed E-state index contributed by atoms with van der Waals surface area (Å²) >= 11 is 6.72. The van der Waals surface area contributed by atoms with Crippen molar-refractivity contribution in [3.63, 3.8) is 0 Å². The number of halogens is 2. The summed E-state index contributed by atoms with van der Waals surface area (Å²) in [5.74, 6) is -0.169. The lowest BCUT2D eigenvalue weighted by Crippen LogP contribution is -1.95. The zero-order valence-electron chi connectivity index (χ0n) is 6.75. The van der Waals surface area contributed by atoms with Gasteiger partial charge in [0.05, 0.1) is 0 Å². The van der Waals surface area contributed by atoms with E-state index in [4.69, 9.17) is 0 Å². The van der Waals surface area contributed by atoms with Crippen molar-refractivity contribution in [2.45, 2.75) is 0 Å². The van der Waals surface area contributed by atoms with E-state index in [-0.39, 0.29) is 0 Å². The maximum Gasteiger partial charge on any atom is 0.439 e. The van der Waals surface area contributed by atoms with Crippen molar-refractivity contribution >= 4 is 31.9 Å². The Bertz CT molecular complexity index is 498. The Kier molecular flexibility index (Phi) is 2.56. The lowest BCUT2D eigenvalue weighted by molar-refractivity contribution is 0.388. The first kappa shape index (κ1) is 9.67. The van der Waals surface area contributed by atoms with Gasteiger partial charge < -0.3 is 0 Å². The van der Waals surface area contributed by atoms with Gasteiger partial charge in [-0.05, 0) is 44.0 Å². The van der Waals surface area contributed by atoms with Crippen molar-refractivity contribution < 1.29 is 4.52 Å². The smallest absolute Gasteiger partial charge is 0.296 e. The van der Waals surface area contributed by atoms with Gasteiger partial charge in [0, 0.05) is 14.5 Å². The minimum atomic E-state index is -0.567. The molecule has 0 unspecified atom stereocenters. The van der Waals surface area contributed by atoms with E-state index in [1.165, 1.54) is 0 Å². The van der Waals surface area contributed by atoms with Gasteiger partial charge in [0.1, 0.15) is 0 Å². The largest absolute Gasteiger partial charge is 0.439 e. The van der Waals surface area contributed by atoms with E-state index >= 15 is 0 Å². The van der Waals surface area contributed by atoms with Gasteiger partial charge >= 0.3 is 5.76 Å². The van der Waals surface area contributed by atoms with Crippen LogP contribution in [0.2, 0.25) is 0 Å². The van der Waals surface area contributed by atoms with Crippen LogP contribution in [0.4, 0.5) is 0 Å². The molecule has 0 fully saturated rings. The van der Waals surface area contributed by atoms with E-state index in [9.17, 15) is 4.79 Å². The third-order valence-electron chi connectivity index (χ3n) is 1.64. The van der Waals surface area contributed by atoms with E-state index < -0.39 is 5.76 Å². The number of hydrogen-bond donors (Lipinski definition) is 1. The third-order valence-corrected chi connectivity index (χ3v) is 2.96. The van der Waals surface area contributed by atoms with Crippen molar-refractivity contribution in [3.05, 3.63) is 37.7 Å². The summed E-state index contributed by atoms with van der Waals surface area (Å²) in [4.78, 5) is 13.3. The van der Waals surface area contributed by atoms with E-state index in [1.54, 1.807) is 0 Å². The highest BCUT2D eigenvalue weighted by Gasteiger charge is 2.11. The van der Waals surface area contributed by atoms with Crippen LogP contribution < -0.4 is 5.76 Å². The molecule has 0 bridgehead atoms. The molecule has 0 saturated carbocycles. The Morgan fingerprint density at radius 3 is 2.43 bits per heavy atom. The van der Waals surface area contributed by atoms with Crippen LogP contribution in [0.5, 0.6) is 0 Å². The monoisotopic (exact) mass is 318 g/mol. The van der Waals surface area contributed by atoms with Crippen LogP contribution in [0.25, 0.3) is 11.4 Å². The molecular weight excluding hydrogens is 316 g/mol. The maximum absolute atomic E-state index is 10.8. The topological polar surface area (TPSA) is 58.9 Å². The summed E-state index contributed by atoms with van der Waals surface area (Å²) in [6.45, 7) is 0. The molecule has 0 amide bonds. The van der Waals surface area contributed by atoms with Crippen LogP contribution in [0.15, 0.2) is 36.5 Å². The van der Waals surface area contributed by atoms with Gasteiger partial charge in [0.25, 0.3) is 0 Å². The van der Waals surface area contributed by atoms with Gasteiger partial charge in [-0.2, -0.15) is 0 Å². The Morgan fingerprint density at radius 2 is 1.93 bits per heavy atom. The summed E-state index contributed by atoms with van der Waals surface area (Å²) in [5.41, 5.74) is 0.762. The molecule has 1 aromatic carbocycles. The molecule has 0 aliphatic heterocycles. The van der Waals surface area contributed by atoms with Crippen LogP contribution in [-0.2, 0) is 0 Å². The van der Waals surface area contributed by atoms with Crippen molar-refractivity contribution in [2.75, 3.05) is 0 Å². The molecule has 0 atom stereocenters. The van der Waals surface area contributed by atoms with Crippen molar-refractivity contribution in [1.82, 2.24) is 10.1 Å². The van der Waals surface area contributed by atoms with Crippen LogP contribution in [-0.4, -0.2) is 10.1 Å². The number of H-pyrrole nitrogens is 1. The number of benzene rings is 1. The van der Waals surface area contributed by atoms with Crippen LogP contribution in [0, 0.1) is 0 Å². The molecule has 0 saturated heterocycles. The zero-order valence-corrected chi connectivity index (χ0v) is 9.92. The molecule has 4 nitrogen and oxygen atoms in total. The Hall–Kier alpha value is -0.880. The number of aromatic amines is 1. The molecule has 6 heteroatoms. The van der Waals surface area contributed by atoms with Gasteiger partial charge in [-0.15, -0.1) is 0 Å². The van der Waals surface area contributed by atoms with Gasteiger partial charge in [0.15, 0.2) is 5.82 Å². The second-order valence-corrected chi connectivity index (χ2v) is 4.25. The lowest BCUT2D eigenvalue weighted by Gasteiger charge is -2.01. The Morgan fingerprint density at radius 1 is 1.29 bits per heavy atom. The second kappa shape index (κ2) is 3.70. The maximum atomic E-state index is 10.8. The molecule has 1 aromatic heterocycles. The van der Waals surface area contributed by atoms with Crippen LogP contribution in [0.3, 0.4) is 0 Å². The highest BCUT2D eigenvalue weighted by molar-refractivity contribution is 9.11. The van der Waals surface area contributed by atoms with Crippen molar-refractivity contribution in [3.8, 4) is 11.4 Å². The average Bonchev–Trinajstić information content (AvgIpc) is 2.51. The van der Waals surface area contributed by atoms with Crippen LogP contribution in [0.1, 0.15) is 0 Å². The van der Waals surface area contributed by atoms with E-state index in [1.807, 2.05) is 18.2 Å². The SMILES string of the molecule is O=c1[nH]c(-c2c(Br)cccc2Br)no1. The number of aromatic nitrogens is 2. The fourth-order valence-electron chi connectivity index (χ4n) is 1.06. The first-order chi connectivity index (χ1) is 6.68. The quantitative estimate of drug-likeness (QED) is 0.878. The minimum absolute atomic E-state index is 0.398. The molecule has 1 heterocycles. The molecule has 2 aromatic rings. The predicted octanol–water partition coefficient (Wildman–Crippen LogP) is 2.55. The van der Waals surface area contributed by atoms with Gasteiger partial charge in [-0.25, -0.2) is 4.79 Å². The number of nitrogens with one attached hydrogen (secondary N) is 1. The summed E-state index contributed by atoms with van der Waals surface area (Å²) in [6.07, 6.45) is 0. The third kappa shape index (κ3) is 1.67. The zero-order chi connectivity index (χ0) is 10.1. The summed E-state index contributed by atoms with van der Waals surface area (Å²) in [6, 6.07) is 5.58. The first-order valence-electron chi connectivity index (χ1n) is 3.69. The summed E-state index contributed by atoms with van der Waals surface area (Å²) < 4.78 is 6.09. The molecule has 72 valence electrons. The summed E-state index contributed by atoms with van der Waals surface area (Å²) in [7, 11) is 0. The highest BCUT2D eigenvalue weighted by Crippen LogP contribution is 2.32. The molecule has 0 aliphatic rings. The Balaban J connectivity index is 2.67. The fraction of sp³-hybridized carbons (Fsp3) is 0. The van der Waals surface area contributed by atoms with Crippen molar-refractivity contribution in [1.29, 1.82) is 0 Å². The average molecular weight is 320 g/mol. The minimum Gasteiger partial charge on any atom is -0.296 e. The molecule has 1 N–H and O–H groups in total. The molecule has 0 radical (unpaired) electrons. The first-order valence-corrected chi connectivity index (χ1v) is 5.27. The highest BCUT2D eigenvalue weighted by atomic mass is 79.9. The second-order valence-electron chi connectivity index (χ2n) is 2.54. The van der Waals surface area contributed by atoms with Crippen LogP contribution >= 0.6 is 31.9 Å². The molecular formula is C8H4Br2N2O2. The van der Waals surface area contributed by atoms with Gasteiger partial charge in [-0.3, -0.25) is 9.51 Å². The fourth-order valence-corrected chi connectivity index (χ4v) is 2.44. The molecule has 14 heavy (non-hydrogen) atoms. The van der Waals surface area contributed by atoms with Gasteiger partial charge in [0.2, 0.25) is 0 Å². The molecule has 0 spiro atoms. The summed E-state index contributed by atoms with van der Waals surface area (Å²) in [5, 5.41) is 3.60. The van der Waals surface area contributed by atoms with E-state index in [2.05, 4.69) is 46.5 Å². The number of rotatable bonds is 1. The standard InChI is InChI=1S/C8H4Br2N2O2/c9-4-2-1-3-5(10)6(4)7-11-8(13)14-12-7/h1-3H,(H,11,12,13). The number of nitrogens with zero attached hydrogens (tertiary/aromatic N) is 1. The predicted molar refractivity (Wildman–Crippen MR) is 58.0 cm³/mol. The van der Waals surface area contributed by atoms with E-state index in [0.29, 0.717) is 5.82 Å². The van der Waals surface area contributed by atoms with Gasteiger partial charge in [-0.1, -0.05) is 11.2 Å². The van der Waals surface area contributed by atoms with E-state index in [0.717, 1.165) is 14.5 Å². The molecule has 0 aliphatic carbocycles. The molecule has 2 rings (SSSR count). The normalized spacial score (nSPS) is 10.4. The number of hydrogen-bond acceptors (Lipinski definition) is 3.